The lowest BCUT2D eigenvalue weighted by molar-refractivity contribution is -0.379. The van der Waals surface area contributed by atoms with Crippen LogP contribution in [0.1, 0.15) is 322 Å². The number of aliphatic hydroxyl groups excluding tert-OH is 11. The van der Waals surface area contributed by atoms with Crippen LogP contribution in [0.25, 0.3) is 0 Å². The first-order valence-corrected chi connectivity index (χ1v) is 40.4. The largest absolute Gasteiger partial charge is 0.394 e. The number of carbonyl (C=O) groups is 1. The molecule has 3 saturated heterocycles. The van der Waals surface area contributed by atoms with Crippen LogP contribution in [0.3, 0.4) is 0 Å². The van der Waals surface area contributed by atoms with E-state index in [-0.39, 0.29) is 18.9 Å². The summed E-state index contributed by atoms with van der Waals surface area (Å²) < 4.78 is 34.4. The number of hydrogen-bond donors (Lipinski definition) is 12. The summed E-state index contributed by atoms with van der Waals surface area (Å²) in [6, 6.07) is -0.992. The van der Waals surface area contributed by atoms with Gasteiger partial charge in [0.25, 0.3) is 0 Å². The zero-order valence-electron chi connectivity index (χ0n) is 62.0. The van der Waals surface area contributed by atoms with E-state index in [1.54, 1.807) is 6.08 Å². The Morgan fingerprint density at radius 2 is 0.677 bits per heavy atom. The summed E-state index contributed by atoms with van der Waals surface area (Å²) in [4.78, 5) is 13.5. The Morgan fingerprint density at radius 1 is 0.364 bits per heavy atom. The first-order chi connectivity index (χ1) is 48.3. The highest BCUT2D eigenvalue weighted by Gasteiger charge is 2.54. The van der Waals surface area contributed by atoms with Crippen LogP contribution in [0.5, 0.6) is 0 Å². The Bertz CT molecular complexity index is 1980. The summed E-state index contributed by atoms with van der Waals surface area (Å²) >= 11 is 0. The van der Waals surface area contributed by atoms with Crippen molar-refractivity contribution in [2.24, 2.45) is 0 Å². The van der Waals surface area contributed by atoms with Gasteiger partial charge in [0.15, 0.2) is 18.9 Å². The molecule has 3 fully saturated rings. The second kappa shape index (κ2) is 61.0. The fourth-order valence-electron chi connectivity index (χ4n) is 13.6. The fourth-order valence-corrected chi connectivity index (χ4v) is 13.6. The zero-order chi connectivity index (χ0) is 71.8. The van der Waals surface area contributed by atoms with E-state index in [0.29, 0.717) is 12.8 Å². The number of ether oxygens (including phenoxy) is 6. The lowest BCUT2D eigenvalue weighted by atomic mass is 9.96. The number of amides is 1. The molecule has 0 aromatic carbocycles. The summed E-state index contributed by atoms with van der Waals surface area (Å²) in [5.41, 5.74) is 0. The summed E-state index contributed by atoms with van der Waals surface area (Å²) in [5.74, 6) is -0.282. The van der Waals surface area contributed by atoms with Gasteiger partial charge in [-0.25, -0.2) is 0 Å². The van der Waals surface area contributed by atoms with E-state index >= 15 is 0 Å². The van der Waals surface area contributed by atoms with Crippen molar-refractivity contribution in [3.05, 3.63) is 48.6 Å². The number of carbonyl (C=O) groups excluding carboxylic acids is 1. The maximum atomic E-state index is 13.5. The van der Waals surface area contributed by atoms with Crippen LogP contribution in [0.15, 0.2) is 48.6 Å². The minimum Gasteiger partial charge on any atom is -0.394 e. The van der Waals surface area contributed by atoms with Crippen molar-refractivity contribution in [3.63, 3.8) is 0 Å². The maximum Gasteiger partial charge on any atom is 0.220 e. The van der Waals surface area contributed by atoms with Crippen molar-refractivity contribution in [3.8, 4) is 0 Å². The highest BCUT2D eigenvalue weighted by molar-refractivity contribution is 5.76. The Hall–Kier alpha value is -2.25. The van der Waals surface area contributed by atoms with Crippen molar-refractivity contribution in [1.82, 2.24) is 5.32 Å². The van der Waals surface area contributed by atoms with Gasteiger partial charge in [-0.05, 0) is 64.2 Å². The van der Waals surface area contributed by atoms with E-state index in [1.807, 2.05) is 6.08 Å². The van der Waals surface area contributed by atoms with Crippen molar-refractivity contribution in [1.29, 1.82) is 0 Å². The molecule has 3 heterocycles. The second-order valence-electron chi connectivity index (χ2n) is 28.9. The van der Waals surface area contributed by atoms with E-state index in [4.69, 9.17) is 28.4 Å². The molecule has 19 nitrogen and oxygen atoms in total. The van der Waals surface area contributed by atoms with Gasteiger partial charge in [-0.3, -0.25) is 4.79 Å². The summed E-state index contributed by atoms with van der Waals surface area (Å²) in [6.07, 6.45) is 49.6. The van der Waals surface area contributed by atoms with E-state index < -0.39 is 124 Å². The Morgan fingerprint density at radius 3 is 1.07 bits per heavy atom. The average Bonchev–Trinajstić information content (AvgIpc) is 0.784. The predicted octanol–water partition coefficient (Wildman–Crippen LogP) is 13.3. The molecule has 3 aliphatic heterocycles. The molecule has 0 aromatic heterocycles. The van der Waals surface area contributed by atoms with Crippen LogP contribution < -0.4 is 5.32 Å². The molecular formula is C80H147NO18. The molecule has 12 N–H and O–H groups in total. The first kappa shape index (κ1) is 91.0. The third kappa shape index (κ3) is 41.3. The van der Waals surface area contributed by atoms with Gasteiger partial charge in [0, 0.05) is 6.42 Å². The molecule has 0 aromatic rings. The molecule has 17 atom stereocenters. The molecule has 0 radical (unpaired) electrons. The van der Waals surface area contributed by atoms with Gasteiger partial charge < -0.3 is 89.9 Å². The molecule has 580 valence electrons. The van der Waals surface area contributed by atoms with Gasteiger partial charge in [-0.15, -0.1) is 0 Å². The molecule has 17 unspecified atom stereocenters. The van der Waals surface area contributed by atoms with Crippen molar-refractivity contribution in [2.75, 3.05) is 26.4 Å². The van der Waals surface area contributed by atoms with Crippen LogP contribution in [0, 0.1) is 0 Å². The molecule has 0 bridgehead atoms. The van der Waals surface area contributed by atoms with Gasteiger partial charge in [-0.2, -0.15) is 0 Å². The van der Waals surface area contributed by atoms with E-state index in [1.165, 1.54) is 244 Å². The van der Waals surface area contributed by atoms with Gasteiger partial charge in [0.05, 0.1) is 38.6 Å². The monoisotopic (exact) mass is 1410 g/mol. The third-order valence-electron chi connectivity index (χ3n) is 20.1. The number of hydrogen-bond acceptors (Lipinski definition) is 18. The number of aliphatic hydroxyl groups is 11. The molecule has 0 aliphatic carbocycles. The quantitative estimate of drug-likeness (QED) is 0.0199. The number of rotatable bonds is 64. The van der Waals surface area contributed by atoms with E-state index in [9.17, 15) is 61.0 Å². The van der Waals surface area contributed by atoms with Gasteiger partial charge in [0.2, 0.25) is 5.91 Å². The predicted molar refractivity (Wildman–Crippen MR) is 392 cm³/mol. The zero-order valence-corrected chi connectivity index (χ0v) is 62.0. The SMILES string of the molecule is CCCCCCC/C=C\C/C=C\CCCCCCCCCCCCCCCCCC(=O)NC(COC1OC(CO)C(OC2OC(CO)C(OC3OC(CO)C(O)C(O)C3O)C(O)C2O)C(O)C1O)C(O)/C=C/CC/C=C/CCCCCCCCCCCCCCCCCCCCCCC. The Labute approximate surface area is 599 Å². The molecule has 3 rings (SSSR count). The van der Waals surface area contributed by atoms with E-state index in [0.717, 1.165) is 44.9 Å². The van der Waals surface area contributed by atoms with Crippen LogP contribution in [0.4, 0.5) is 0 Å². The molecule has 1 amide bonds. The molecule has 0 saturated carbocycles. The topological polar surface area (TPSA) is 307 Å². The summed E-state index contributed by atoms with van der Waals surface area (Å²) in [5, 5.41) is 121. The lowest BCUT2D eigenvalue weighted by Gasteiger charge is -2.48. The fraction of sp³-hybridized carbons (Fsp3) is 0.887. The van der Waals surface area contributed by atoms with Crippen LogP contribution in [0.2, 0.25) is 0 Å². The molecule has 19 heteroatoms. The molecule has 99 heavy (non-hydrogen) atoms. The average molecular weight is 1410 g/mol. The van der Waals surface area contributed by atoms with Gasteiger partial charge in [0.1, 0.15) is 73.2 Å². The second-order valence-corrected chi connectivity index (χ2v) is 28.9. The Balaban J connectivity index is 1.39. The first-order valence-electron chi connectivity index (χ1n) is 40.4. The Kier molecular flexibility index (Phi) is 56.0. The number of nitrogens with one attached hydrogen (secondary N) is 1. The number of unbranched alkanes of at least 4 members (excludes halogenated alkanes) is 42. The van der Waals surface area contributed by atoms with E-state index in [2.05, 4.69) is 55.6 Å². The smallest absolute Gasteiger partial charge is 0.220 e. The van der Waals surface area contributed by atoms with Gasteiger partial charge >= 0.3 is 0 Å². The van der Waals surface area contributed by atoms with Crippen molar-refractivity contribution in [2.45, 2.75) is 426 Å². The van der Waals surface area contributed by atoms with Crippen LogP contribution in [-0.4, -0.2) is 193 Å². The maximum absolute atomic E-state index is 13.5. The highest BCUT2D eigenvalue weighted by atomic mass is 16.8. The van der Waals surface area contributed by atoms with Gasteiger partial charge in [-0.1, -0.05) is 300 Å². The molecule has 3 aliphatic rings. The third-order valence-corrected chi connectivity index (χ3v) is 20.1. The minimum absolute atomic E-state index is 0.236. The minimum atomic E-state index is -1.98. The van der Waals surface area contributed by atoms with Crippen LogP contribution >= 0.6 is 0 Å². The standard InChI is InChI=1S/C80H147NO18/c1-3-5-7-9-11-13-15-17-19-21-23-25-27-29-31-33-35-37-39-41-43-45-47-49-51-53-55-57-64(85)63(81-68(86)58-56-54-52-50-48-46-44-42-40-38-36-34-32-30-28-26-24-22-20-18-16-14-12-10-8-6-4-2)62-94-78-74(92)71(89)76(66(60-83)96-78)99-80-75(93)72(90)77(67(61-84)97-80)98-79-73(91)70(88)69(87)65(59-82)95-79/h16,18,22,24,47,49,55,57,63-67,69-80,82-85,87-93H,3-15,17,19-21,23,25-46,48,50-54,56,58-62H2,1-2H3,(H,81,86)/b18-16-,24-22-,49-47+,57-55+. The highest BCUT2D eigenvalue weighted by Crippen LogP contribution is 2.33. The van der Waals surface area contributed by atoms with Crippen molar-refractivity contribution >= 4 is 5.91 Å². The normalized spacial score (nSPS) is 26.8. The number of allylic oxidation sites excluding steroid dienone is 7. The molecular weight excluding hydrogens is 1260 g/mol. The summed E-state index contributed by atoms with van der Waals surface area (Å²) in [7, 11) is 0. The van der Waals surface area contributed by atoms with Crippen molar-refractivity contribution < 1.29 is 89.4 Å². The summed E-state index contributed by atoms with van der Waals surface area (Å²) in [6.45, 7) is 1.75. The molecule has 0 spiro atoms. The lowest BCUT2D eigenvalue weighted by Crippen LogP contribution is -2.66. The van der Waals surface area contributed by atoms with Crippen LogP contribution in [-0.2, 0) is 33.2 Å².